The number of hydrogen-bond donors (Lipinski definition) is 0. The number of hydrogen-bond acceptors (Lipinski definition) is 3. The summed E-state index contributed by atoms with van der Waals surface area (Å²) < 4.78 is 10.7. The lowest BCUT2D eigenvalue weighted by Crippen LogP contribution is -2.02. The second-order valence-corrected chi connectivity index (χ2v) is 5.82. The lowest BCUT2D eigenvalue weighted by atomic mass is 10.1. The van der Waals surface area contributed by atoms with Crippen LogP contribution in [0.3, 0.4) is 0 Å². The van der Waals surface area contributed by atoms with Crippen LogP contribution < -0.4 is 4.74 Å². The van der Waals surface area contributed by atoms with Crippen LogP contribution in [-0.2, 0) is 9.53 Å². The predicted molar refractivity (Wildman–Crippen MR) is 103 cm³/mol. The van der Waals surface area contributed by atoms with Crippen molar-refractivity contribution in [3.8, 4) is 16.9 Å². The zero-order valence-corrected chi connectivity index (χ0v) is 14.8. The minimum atomic E-state index is -0.362. The van der Waals surface area contributed by atoms with Crippen LogP contribution in [0.15, 0.2) is 61.2 Å². The summed E-state index contributed by atoms with van der Waals surface area (Å²) in [5, 5.41) is 0. The van der Waals surface area contributed by atoms with Crippen molar-refractivity contribution < 1.29 is 14.3 Å². The van der Waals surface area contributed by atoms with Crippen LogP contribution in [0.5, 0.6) is 5.75 Å². The largest absolute Gasteiger partial charge is 0.494 e. The highest BCUT2D eigenvalue weighted by atomic mass is 16.5. The van der Waals surface area contributed by atoms with Gasteiger partial charge in [0.1, 0.15) is 5.75 Å². The summed E-state index contributed by atoms with van der Waals surface area (Å²) in [6, 6.07) is 15.5. The summed E-state index contributed by atoms with van der Waals surface area (Å²) in [7, 11) is 0. The summed E-state index contributed by atoms with van der Waals surface area (Å²) in [6.07, 6.45) is 5.06. The number of carbonyl (C=O) groups is 1. The molecule has 0 aromatic heterocycles. The average Bonchev–Trinajstić information content (AvgIpc) is 2.70. The standard InChI is InChI=1S/C22H23NO3/c1-3-22(24)26-17-7-5-4-6-16-25-21-14-10-19(11-15-21)18-8-12-20(23-2)13-9-18/h3,8-15H,1,4-7,16-17H2. The summed E-state index contributed by atoms with van der Waals surface area (Å²) >= 11 is 0. The minimum Gasteiger partial charge on any atom is -0.494 e. The maximum atomic E-state index is 10.9. The molecule has 0 saturated heterocycles. The van der Waals surface area contributed by atoms with E-state index in [4.69, 9.17) is 16.0 Å². The zero-order valence-electron chi connectivity index (χ0n) is 14.8. The van der Waals surface area contributed by atoms with Gasteiger partial charge in [0, 0.05) is 6.08 Å². The Morgan fingerprint density at radius 1 is 0.923 bits per heavy atom. The first-order valence-corrected chi connectivity index (χ1v) is 8.73. The number of esters is 1. The molecule has 134 valence electrons. The van der Waals surface area contributed by atoms with Gasteiger partial charge in [-0.3, -0.25) is 0 Å². The Morgan fingerprint density at radius 3 is 2.08 bits per heavy atom. The van der Waals surface area contributed by atoms with E-state index >= 15 is 0 Å². The molecule has 26 heavy (non-hydrogen) atoms. The highest BCUT2D eigenvalue weighted by Gasteiger charge is 2.00. The molecule has 0 atom stereocenters. The lowest BCUT2D eigenvalue weighted by molar-refractivity contribution is -0.137. The number of rotatable bonds is 10. The molecule has 0 radical (unpaired) electrons. The molecule has 0 aliphatic heterocycles. The Morgan fingerprint density at radius 2 is 1.50 bits per heavy atom. The number of nitrogens with zero attached hydrogens (tertiary/aromatic N) is 1. The van der Waals surface area contributed by atoms with Gasteiger partial charge in [-0.2, -0.15) is 0 Å². The van der Waals surface area contributed by atoms with Crippen LogP contribution in [0.25, 0.3) is 16.0 Å². The second-order valence-electron chi connectivity index (χ2n) is 5.82. The fourth-order valence-electron chi connectivity index (χ4n) is 2.45. The van der Waals surface area contributed by atoms with Gasteiger partial charge >= 0.3 is 5.97 Å². The van der Waals surface area contributed by atoms with Gasteiger partial charge in [-0.25, -0.2) is 9.64 Å². The molecular formula is C22H23NO3. The molecule has 2 aromatic rings. The molecule has 0 aliphatic carbocycles. The van der Waals surface area contributed by atoms with Crippen LogP contribution in [0.4, 0.5) is 5.69 Å². The molecule has 0 saturated carbocycles. The Bertz CT molecular complexity index is 742. The predicted octanol–water partition coefficient (Wildman–Crippen LogP) is 5.57. The van der Waals surface area contributed by atoms with Crippen molar-refractivity contribution in [2.45, 2.75) is 25.7 Å². The maximum absolute atomic E-state index is 10.9. The first-order valence-electron chi connectivity index (χ1n) is 8.73. The highest BCUT2D eigenvalue weighted by Crippen LogP contribution is 2.24. The number of unbranched alkanes of at least 4 members (excludes halogenated alkanes) is 3. The lowest BCUT2D eigenvalue weighted by Gasteiger charge is -2.08. The van der Waals surface area contributed by atoms with Crippen LogP contribution in [0, 0.1) is 6.57 Å². The van der Waals surface area contributed by atoms with Gasteiger partial charge in [0.2, 0.25) is 0 Å². The van der Waals surface area contributed by atoms with E-state index in [0.29, 0.717) is 18.9 Å². The topological polar surface area (TPSA) is 39.9 Å². The van der Waals surface area contributed by atoms with Gasteiger partial charge in [-0.1, -0.05) is 43.0 Å². The van der Waals surface area contributed by atoms with E-state index in [1.54, 1.807) is 0 Å². The van der Waals surface area contributed by atoms with E-state index in [2.05, 4.69) is 11.4 Å². The molecule has 0 amide bonds. The van der Waals surface area contributed by atoms with Crippen LogP contribution in [0.2, 0.25) is 0 Å². The summed E-state index contributed by atoms with van der Waals surface area (Å²) in [5.41, 5.74) is 2.83. The van der Waals surface area contributed by atoms with E-state index in [9.17, 15) is 4.79 Å². The first kappa shape index (κ1) is 19.3. The molecular weight excluding hydrogens is 326 g/mol. The fraction of sp³-hybridized carbons (Fsp3) is 0.273. The number of benzene rings is 2. The van der Waals surface area contributed by atoms with Crippen molar-refractivity contribution in [2.24, 2.45) is 0 Å². The van der Waals surface area contributed by atoms with Crippen molar-refractivity contribution in [1.82, 2.24) is 0 Å². The zero-order chi connectivity index (χ0) is 18.6. The fourth-order valence-corrected chi connectivity index (χ4v) is 2.45. The summed E-state index contributed by atoms with van der Waals surface area (Å²) in [4.78, 5) is 14.3. The van der Waals surface area contributed by atoms with Gasteiger partial charge in [0.15, 0.2) is 5.69 Å². The van der Waals surface area contributed by atoms with Crippen LogP contribution >= 0.6 is 0 Å². The SMILES string of the molecule is [C-]#[N+]c1ccc(-c2ccc(OCCCCCCOC(=O)C=C)cc2)cc1. The molecule has 4 heteroatoms. The smallest absolute Gasteiger partial charge is 0.330 e. The normalized spacial score (nSPS) is 9.96. The molecule has 2 rings (SSSR count). The summed E-state index contributed by atoms with van der Waals surface area (Å²) in [5.74, 6) is 0.491. The third kappa shape index (κ3) is 6.45. The molecule has 0 bridgehead atoms. The van der Waals surface area contributed by atoms with Gasteiger partial charge in [-0.15, -0.1) is 0 Å². The Hall–Kier alpha value is -3.06. The highest BCUT2D eigenvalue weighted by molar-refractivity contribution is 5.81. The van der Waals surface area contributed by atoms with Gasteiger partial charge < -0.3 is 9.47 Å². The molecule has 0 fully saturated rings. The summed E-state index contributed by atoms with van der Waals surface area (Å²) in [6.45, 7) is 11.5. The minimum absolute atomic E-state index is 0.362. The van der Waals surface area contributed by atoms with Gasteiger partial charge in [0.25, 0.3) is 0 Å². The quantitative estimate of drug-likeness (QED) is 0.243. The van der Waals surface area contributed by atoms with Crippen molar-refractivity contribution in [1.29, 1.82) is 0 Å². The molecule has 0 N–H and O–H groups in total. The Kier molecular flexibility index (Phi) is 7.95. The second kappa shape index (κ2) is 10.7. The number of carbonyl (C=O) groups excluding carboxylic acids is 1. The van der Waals surface area contributed by atoms with E-state index in [1.807, 2.05) is 48.5 Å². The Balaban J connectivity index is 1.65. The monoisotopic (exact) mass is 349 g/mol. The van der Waals surface area contributed by atoms with Crippen molar-refractivity contribution in [3.63, 3.8) is 0 Å². The van der Waals surface area contributed by atoms with Crippen LogP contribution in [-0.4, -0.2) is 19.2 Å². The number of ether oxygens (including phenoxy) is 2. The maximum Gasteiger partial charge on any atom is 0.330 e. The van der Waals surface area contributed by atoms with Crippen LogP contribution in [0.1, 0.15) is 25.7 Å². The van der Waals surface area contributed by atoms with E-state index in [1.165, 1.54) is 6.08 Å². The Labute approximate surface area is 154 Å². The third-order valence-corrected chi connectivity index (χ3v) is 3.90. The molecule has 0 unspecified atom stereocenters. The van der Waals surface area contributed by atoms with Crippen molar-refractivity contribution >= 4 is 11.7 Å². The van der Waals surface area contributed by atoms with Crippen molar-refractivity contribution in [2.75, 3.05) is 13.2 Å². The molecule has 4 nitrogen and oxygen atoms in total. The molecule has 0 spiro atoms. The molecule has 2 aromatic carbocycles. The first-order chi connectivity index (χ1) is 12.7. The van der Waals surface area contributed by atoms with E-state index < -0.39 is 0 Å². The molecule has 0 aliphatic rings. The third-order valence-electron chi connectivity index (χ3n) is 3.90. The van der Waals surface area contributed by atoms with Gasteiger partial charge in [0.05, 0.1) is 19.8 Å². The average molecular weight is 349 g/mol. The van der Waals surface area contributed by atoms with E-state index in [-0.39, 0.29) is 5.97 Å². The molecule has 0 heterocycles. The van der Waals surface area contributed by atoms with E-state index in [0.717, 1.165) is 42.6 Å². The van der Waals surface area contributed by atoms with Gasteiger partial charge in [-0.05, 0) is 48.9 Å². The van der Waals surface area contributed by atoms with Crippen molar-refractivity contribution in [3.05, 3.63) is 72.6 Å².